The molecule has 2 aromatic rings. The molecule has 5 heteroatoms. The first-order valence-corrected chi connectivity index (χ1v) is 8.33. The quantitative estimate of drug-likeness (QED) is 0.870. The summed E-state index contributed by atoms with van der Waals surface area (Å²) in [4.78, 5) is 26.1. The third-order valence-corrected chi connectivity index (χ3v) is 3.67. The van der Waals surface area contributed by atoms with Crippen LogP contribution >= 0.6 is 0 Å². The molecular weight excluding hydrogens is 314 g/mol. The van der Waals surface area contributed by atoms with Gasteiger partial charge in [-0.05, 0) is 44.5 Å². The number of nitrogens with zero attached hydrogens (tertiary/aromatic N) is 1. The topological polar surface area (TPSA) is 61.4 Å². The van der Waals surface area contributed by atoms with Gasteiger partial charge >= 0.3 is 6.03 Å². The lowest BCUT2D eigenvalue weighted by Gasteiger charge is -2.18. The van der Waals surface area contributed by atoms with Crippen molar-refractivity contribution in [3.8, 4) is 0 Å². The van der Waals surface area contributed by atoms with E-state index in [9.17, 15) is 9.59 Å². The number of aryl methyl sites for hydroxylation is 1. The van der Waals surface area contributed by atoms with Crippen LogP contribution in [0.1, 0.15) is 35.3 Å². The van der Waals surface area contributed by atoms with Crippen LogP contribution in [0.4, 0.5) is 10.5 Å². The van der Waals surface area contributed by atoms with Gasteiger partial charge in [-0.3, -0.25) is 4.79 Å². The Kier molecular flexibility index (Phi) is 6.17. The summed E-state index contributed by atoms with van der Waals surface area (Å²) >= 11 is 0. The second-order valence-corrected chi connectivity index (χ2v) is 6.48. The third kappa shape index (κ3) is 5.64. The predicted octanol–water partition coefficient (Wildman–Crippen LogP) is 3.80. The van der Waals surface area contributed by atoms with Crippen molar-refractivity contribution in [3.05, 3.63) is 65.2 Å². The van der Waals surface area contributed by atoms with E-state index in [1.165, 1.54) is 5.56 Å². The Bertz CT molecular complexity index is 739. The third-order valence-electron chi connectivity index (χ3n) is 3.67. The zero-order valence-electron chi connectivity index (χ0n) is 15.2. The first-order chi connectivity index (χ1) is 11.8. The van der Waals surface area contributed by atoms with Crippen LogP contribution in [0.15, 0.2) is 48.5 Å². The average molecular weight is 339 g/mol. The zero-order chi connectivity index (χ0) is 18.4. The van der Waals surface area contributed by atoms with Crippen LogP contribution in [0.5, 0.6) is 0 Å². The summed E-state index contributed by atoms with van der Waals surface area (Å²) in [5, 5.41) is 5.50. The summed E-state index contributed by atoms with van der Waals surface area (Å²) in [7, 11) is 1.77. The number of benzene rings is 2. The second-order valence-electron chi connectivity index (χ2n) is 6.48. The number of anilines is 1. The molecular formula is C20H25N3O2. The molecule has 2 N–H and O–H groups in total. The van der Waals surface area contributed by atoms with Gasteiger partial charge < -0.3 is 15.5 Å². The van der Waals surface area contributed by atoms with Crippen molar-refractivity contribution < 1.29 is 9.59 Å². The van der Waals surface area contributed by atoms with Gasteiger partial charge in [0.1, 0.15) is 0 Å². The molecule has 0 spiro atoms. The molecule has 0 saturated heterocycles. The van der Waals surface area contributed by atoms with Gasteiger partial charge in [-0.1, -0.05) is 35.9 Å². The molecule has 25 heavy (non-hydrogen) atoms. The predicted molar refractivity (Wildman–Crippen MR) is 101 cm³/mol. The van der Waals surface area contributed by atoms with Crippen LogP contribution in [0.25, 0.3) is 0 Å². The van der Waals surface area contributed by atoms with Crippen LogP contribution in [-0.2, 0) is 6.54 Å². The molecule has 3 amide bonds. The van der Waals surface area contributed by atoms with Gasteiger partial charge in [-0.2, -0.15) is 0 Å². The fraction of sp³-hybridized carbons (Fsp3) is 0.300. The first-order valence-electron chi connectivity index (χ1n) is 8.33. The fourth-order valence-electron chi connectivity index (χ4n) is 2.42. The van der Waals surface area contributed by atoms with Crippen molar-refractivity contribution in [2.24, 2.45) is 0 Å². The Morgan fingerprint density at radius 3 is 2.40 bits per heavy atom. The van der Waals surface area contributed by atoms with Crippen LogP contribution in [0.3, 0.4) is 0 Å². The van der Waals surface area contributed by atoms with E-state index >= 15 is 0 Å². The molecule has 5 nitrogen and oxygen atoms in total. The number of hydrogen-bond acceptors (Lipinski definition) is 2. The minimum atomic E-state index is -0.285. The highest BCUT2D eigenvalue weighted by atomic mass is 16.2. The molecule has 0 aromatic heterocycles. The second kappa shape index (κ2) is 8.33. The maximum absolute atomic E-state index is 12.6. The number of urea groups is 1. The Labute approximate surface area is 149 Å². The van der Waals surface area contributed by atoms with E-state index < -0.39 is 0 Å². The highest BCUT2D eigenvalue weighted by Crippen LogP contribution is 2.14. The number of carbonyl (C=O) groups is 2. The average Bonchev–Trinajstić information content (AvgIpc) is 2.55. The normalized spacial score (nSPS) is 10.4. The summed E-state index contributed by atoms with van der Waals surface area (Å²) in [5.74, 6) is -0.0894. The van der Waals surface area contributed by atoms with Crippen molar-refractivity contribution in [2.45, 2.75) is 33.4 Å². The Morgan fingerprint density at radius 2 is 1.76 bits per heavy atom. The molecule has 2 rings (SSSR count). The zero-order valence-corrected chi connectivity index (χ0v) is 15.2. The summed E-state index contributed by atoms with van der Waals surface area (Å²) < 4.78 is 0. The molecule has 0 atom stereocenters. The van der Waals surface area contributed by atoms with Gasteiger partial charge in [0.2, 0.25) is 0 Å². The van der Waals surface area contributed by atoms with Gasteiger partial charge in [0.25, 0.3) is 5.91 Å². The van der Waals surface area contributed by atoms with E-state index in [1.54, 1.807) is 36.2 Å². The standard InChI is InChI=1S/C20H25N3O2/c1-14(2)21-20(25)22-18-7-5-6-17(12-18)19(24)23(4)13-16-10-8-15(3)9-11-16/h5-12,14H,13H2,1-4H3,(H2,21,22,25). The van der Waals surface area contributed by atoms with Crippen molar-refractivity contribution in [1.82, 2.24) is 10.2 Å². The number of carbonyl (C=O) groups excluding carboxylic acids is 2. The summed E-state index contributed by atoms with van der Waals surface area (Å²) in [6.45, 7) is 6.34. The monoisotopic (exact) mass is 339 g/mol. The Morgan fingerprint density at radius 1 is 1.08 bits per heavy atom. The van der Waals surface area contributed by atoms with Crippen molar-refractivity contribution in [3.63, 3.8) is 0 Å². The molecule has 0 unspecified atom stereocenters. The highest BCUT2D eigenvalue weighted by molar-refractivity contribution is 5.96. The molecule has 0 bridgehead atoms. The lowest BCUT2D eigenvalue weighted by molar-refractivity contribution is 0.0785. The number of rotatable bonds is 5. The maximum Gasteiger partial charge on any atom is 0.319 e. The molecule has 0 aliphatic rings. The van der Waals surface area contributed by atoms with Crippen molar-refractivity contribution >= 4 is 17.6 Å². The Hall–Kier alpha value is -2.82. The van der Waals surface area contributed by atoms with E-state index in [1.807, 2.05) is 45.0 Å². The maximum atomic E-state index is 12.6. The van der Waals surface area contributed by atoms with E-state index in [0.717, 1.165) is 5.56 Å². The molecule has 0 radical (unpaired) electrons. The summed E-state index contributed by atoms with van der Waals surface area (Å²) in [6.07, 6.45) is 0. The lowest BCUT2D eigenvalue weighted by Crippen LogP contribution is -2.34. The number of hydrogen-bond donors (Lipinski definition) is 2. The molecule has 0 heterocycles. The van der Waals surface area contributed by atoms with Gasteiger partial charge in [0.05, 0.1) is 0 Å². The van der Waals surface area contributed by atoms with E-state index in [-0.39, 0.29) is 18.0 Å². The minimum Gasteiger partial charge on any atom is -0.337 e. The van der Waals surface area contributed by atoms with Gasteiger partial charge in [0.15, 0.2) is 0 Å². The van der Waals surface area contributed by atoms with E-state index in [2.05, 4.69) is 10.6 Å². The SMILES string of the molecule is Cc1ccc(CN(C)C(=O)c2cccc(NC(=O)NC(C)C)c2)cc1. The largest absolute Gasteiger partial charge is 0.337 e. The highest BCUT2D eigenvalue weighted by Gasteiger charge is 2.13. The van der Waals surface area contributed by atoms with E-state index in [0.29, 0.717) is 17.8 Å². The lowest BCUT2D eigenvalue weighted by atomic mass is 10.1. The van der Waals surface area contributed by atoms with Crippen LogP contribution in [0, 0.1) is 6.92 Å². The minimum absolute atomic E-state index is 0.0467. The van der Waals surface area contributed by atoms with E-state index in [4.69, 9.17) is 0 Å². The van der Waals surface area contributed by atoms with Gasteiger partial charge in [-0.25, -0.2) is 4.79 Å². The summed E-state index contributed by atoms with van der Waals surface area (Å²) in [6, 6.07) is 14.8. The smallest absolute Gasteiger partial charge is 0.319 e. The van der Waals surface area contributed by atoms with Crippen LogP contribution in [-0.4, -0.2) is 29.9 Å². The van der Waals surface area contributed by atoms with Crippen LogP contribution < -0.4 is 10.6 Å². The van der Waals surface area contributed by atoms with Crippen molar-refractivity contribution in [1.29, 1.82) is 0 Å². The van der Waals surface area contributed by atoms with Gasteiger partial charge in [-0.15, -0.1) is 0 Å². The summed E-state index contributed by atoms with van der Waals surface area (Å²) in [5.41, 5.74) is 3.40. The molecule has 2 aromatic carbocycles. The first kappa shape index (κ1) is 18.5. The number of nitrogens with one attached hydrogen (secondary N) is 2. The molecule has 0 saturated carbocycles. The Balaban J connectivity index is 2.04. The van der Waals surface area contributed by atoms with Crippen molar-refractivity contribution in [2.75, 3.05) is 12.4 Å². The molecule has 0 fully saturated rings. The fourth-order valence-corrected chi connectivity index (χ4v) is 2.42. The van der Waals surface area contributed by atoms with Crippen LogP contribution in [0.2, 0.25) is 0 Å². The molecule has 132 valence electrons. The number of amides is 3. The molecule has 0 aliphatic heterocycles. The van der Waals surface area contributed by atoms with Gasteiger partial charge in [0, 0.05) is 30.9 Å². The molecule has 0 aliphatic carbocycles.